The zero-order valence-corrected chi connectivity index (χ0v) is 12.2. The van der Waals surface area contributed by atoms with E-state index in [0.717, 1.165) is 42.3 Å². The highest BCUT2D eigenvalue weighted by molar-refractivity contribution is 5.52. The first-order valence-corrected chi connectivity index (χ1v) is 6.76. The predicted molar refractivity (Wildman–Crippen MR) is 75.2 cm³/mol. The minimum atomic E-state index is 0.0482. The SMILES string of the molecule is COc1ccc(C2CNCCO2)c(OC)c1C(C)C. The highest BCUT2D eigenvalue weighted by Crippen LogP contribution is 2.41. The van der Waals surface area contributed by atoms with E-state index in [2.05, 4.69) is 19.2 Å². The van der Waals surface area contributed by atoms with Gasteiger partial charge < -0.3 is 19.5 Å². The van der Waals surface area contributed by atoms with Crippen molar-refractivity contribution in [1.29, 1.82) is 0 Å². The molecule has 1 aromatic carbocycles. The number of ether oxygens (including phenoxy) is 3. The van der Waals surface area contributed by atoms with E-state index in [4.69, 9.17) is 14.2 Å². The Morgan fingerprint density at radius 1 is 1.26 bits per heavy atom. The second-order valence-electron chi connectivity index (χ2n) is 5.02. The summed E-state index contributed by atoms with van der Waals surface area (Å²) in [6, 6.07) is 4.05. The number of methoxy groups -OCH3 is 2. The lowest BCUT2D eigenvalue weighted by atomic mass is 9.95. The molecule has 0 aliphatic carbocycles. The molecule has 0 saturated carbocycles. The van der Waals surface area contributed by atoms with Crippen molar-refractivity contribution >= 4 is 0 Å². The van der Waals surface area contributed by atoms with E-state index in [-0.39, 0.29) is 6.10 Å². The third-order valence-electron chi connectivity index (χ3n) is 3.46. The first kappa shape index (κ1) is 14.2. The fraction of sp³-hybridized carbons (Fsp3) is 0.600. The predicted octanol–water partition coefficient (Wildman–Crippen LogP) is 2.49. The molecule has 1 aliphatic rings. The topological polar surface area (TPSA) is 39.7 Å². The van der Waals surface area contributed by atoms with Crippen LogP contribution in [0.4, 0.5) is 0 Å². The molecular formula is C15H23NO3. The van der Waals surface area contributed by atoms with E-state index in [1.165, 1.54) is 0 Å². The molecule has 106 valence electrons. The molecule has 1 N–H and O–H groups in total. The van der Waals surface area contributed by atoms with Crippen LogP contribution in [0.1, 0.15) is 37.0 Å². The summed E-state index contributed by atoms with van der Waals surface area (Å²) in [5, 5.41) is 3.35. The lowest BCUT2D eigenvalue weighted by Crippen LogP contribution is -2.33. The van der Waals surface area contributed by atoms with Gasteiger partial charge in [-0.25, -0.2) is 0 Å². The van der Waals surface area contributed by atoms with Gasteiger partial charge >= 0.3 is 0 Å². The molecule has 2 rings (SSSR count). The van der Waals surface area contributed by atoms with Gasteiger partial charge in [0.05, 0.1) is 26.9 Å². The summed E-state index contributed by atoms with van der Waals surface area (Å²) in [6.45, 7) is 6.75. The normalized spacial score (nSPS) is 19.5. The molecule has 19 heavy (non-hydrogen) atoms. The van der Waals surface area contributed by atoms with Crippen LogP contribution in [0, 0.1) is 0 Å². The van der Waals surface area contributed by atoms with Gasteiger partial charge in [0.1, 0.15) is 11.5 Å². The third-order valence-corrected chi connectivity index (χ3v) is 3.46. The van der Waals surface area contributed by atoms with Crippen molar-refractivity contribution in [2.45, 2.75) is 25.9 Å². The van der Waals surface area contributed by atoms with E-state index >= 15 is 0 Å². The van der Waals surface area contributed by atoms with E-state index in [9.17, 15) is 0 Å². The average molecular weight is 265 g/mol. The van der Waals surface area contributed by atoms with Gasteiger partial charge in [0.25, 0.3) is 0 Å². The Morgan fingerprint density at radius 2 is 2.05 bits per heavy atom. The van der Waals surface area contributed by atoms with Gasteiger partial charge in [-0.2, -0.15) is 0 Å². The number of hydrogen-bond donors (Lipinski definition) is 1. The molecule has 0 bridgehead atoms. The largest absolute Gasteiger partial charge is 0.496 e. The average Bonchev–Trinajstić information content (AvgIpc) is 2.46. The Kier molecular flexibility index (Phi) is 4.66. The summed E-state index contributed by atoms with van der Waals surface area (Å²) in [4.78, 5) is 0. The molecule has 1 atom stereocenters. The summed E-state index contributed by atoms with van der Waals surface area (Å²) < 4.78 is 16.9. The van der Waals surface area contributed by atoms with Gasteiger partial charge in [-0.3, -0.25) is 0 Å². The minimum absolute atomic E-state index is 0.0482. The lowest BCUT2D eigenvalue weighted by Gasteiger charge is -2.27. The van der Waals surface area contributed by atoms with Crippen molar-refractivity contribution in [2.75, 3.05) is 33.9 Å². The Balaban J connectivity index is 2.45. The van der Waals surface area contributed by atoms with E-state index in [0.29, 0.717) is 5.92 Å². The van der Waals surface area contributed by atoms with Crippen LogP contribution in [0.25, 0.3) is 0 Å². The van der Waals surface area contributed by atoms with Crippen molar-refractivity contribution in [3.05, 3.63) is 23.3 Å². The monoisotopic (exact) mass is 265 g/mol. The van der Waals surface area contributed by atoms with Crippen LogP contribution in [0.15, 0.2) is 12.1 Å². The maximum absolute atomic E-state index is 5.83. The fourth-order valence-electron chi connectivity index (χ4n) is 2.57. The molecule has 4 heteroatoms. The Morgan fingerprint density at radius 3 is 2.58 bits per heavy atom. The quantitative estimate of drug-likeness (QED) is 0.908. The summed E-state index contributed by atoms with van der Waals surface area (Å²) in [6.07, 6.45) is 0.0482. The highest BCUT2D eigenvalue weighted by atomic mass is 16.5. The van der Waals surface area contributed by atoms with Gasteiger partial charge in [0, 0.05) is 24.2 Å². The Labute approximate surface area is 115 Å². The second-order valence-corrected chi connectivity index (χ2v) is 5.02. The van der Waals surface area contributed by atoms with Gasteiger partial charge in [-0.05, 0) is 18.1 Å². The zero-order chi connectivity index (χ0) is 13.8. The number of morpholine rings is 1. The molecule has 0 spiro atoms. The third kappa shape index (κ3) is 2.85. The number of hydrogen-bond acceptors (Lipinski definition) is 4. The number of rotatable bonds is 4. The van der Waals surface area contributed by atoms with Crippen LogP contribution in [0.5, 0.6) is 11.5 Å². The van der Waals surface area contributed by atoms with Crippen molar-refractivity contribution in [3.63, 3.8) is 0 Å². The number of nitrogens with one attached hydrogen (secondary N) is 1. The molecule has 0 amide bonds. The van der Waals surface area contributed by atoms with Crippen LogP contribution in [-0.2, 0) is 4.74 Å². The standard InChI is InChI=1S/C15H23NO3/c1-10(2)14-12(17-3)6-5-11(15(14)18-4)13-9-16-7-8-19-13/h5-6,10,13,16H,7-9H2,1-4H3. The van der Waals surface area contributed by atoms with Gasteiger partial charge in [-0.15, -0.1) is 0 Å². The van der Waals surface area contributed by atoms with Crippen LogP contribution in [-0.4, -0.2) is 33.9 Å². The molecule has 1 heterocycles. The van der Waals surface area contributed by atoms with Gasteiger partial charge in [0.15, 0.2) is 0 Å². The van der Waals surface area contributed by atoms with E-state index < -0.39 is 0 Å². The van der Waals surface area contributed by atoms with Gasteiger partial charge in [-0.1, -0.05) is 13.8 Å². The number of benzene rings is 1. The molecule has 1 fully saturated rings. The van der Waals surface area contributed by atoms with Gasteiger partial charge in [0.2, 0.25) is 0 Å². The van der Waals surface area contributed by atoms with Crippen molar-refractivity contribution in [3.8, 4) is 11.5 Å². The molecule has 1 saturated heterocycles. The van der Waals surface area contributed by atoms with E-state index in [1.54, 1.807) is 14.2 Å². The maximum Gasteiger partial charge on any atom is 0.131 e. The molecule has 0 radical (unpaired) electrons. The van der Waals surface area contributed by atoms with Crippen LogP contribution in [0.3, 0.4) is 0 Å². The zero-order valence-electron chi connectivity index (χ0n) is 12.2. The summed E-state index contributed by atoms with van der Waals surface area (Å²) in [7, 11) is 3.40. The smallest absolute Gasteiger partial charge is 0.131 e. The van der Waals surface area contributed by atoms with Crippen molar-refractivity contribution < 1.29 is 14.2 Å². The van der Waals surface area contributed by atoms with Crippen LogP contribution in [0.2, 0.25) is 0 Å². The molecule has 1 unspecified atom stereocenters. The second kappa shape index (κ2) is 6.26. The minimum Gasteiger partial charge on any atom is -0.496 e. The molecule has 1 aliphatic heterocycles. The Hall–Kier alpha value is -1.26. The summed E-state index contributed by atoms with van der Waals surface area (Å²) in [5.74, 6) is 2.10. The molecule has 0 aromatic heterocycles. The Bertz CT molecular complexity index is 426. The van der Waals surface area contributed by atoms with Crippen molar-refractivity contribution in [1.82, 2.24) is 5.32 Å². The molecule has 4 nitrogen and oxygen atoms in total. The fourth-order valence-corrected chi connectivity index (χ4v) is 2.57. The summed E-state index contributed by atoms with van der Waals surface area (Å²) >= 11 is 0. The van der Waals surface area contributed by atoms with E-state index in [1.807, 2.05) is 12.1 Å². The summed E-state index contributed by atoms with van der Waals surface area (Å²) in [5.41, 5.74) is 2.20. The highest BCUT2D eigenvalue weighted by Gasteiger charge is 2.24. The van der Waals surface area contributed by atoms with Crippen molar-refractivity contribution in [2.24, 2.45) is 0 Å². The first-order chi connectivity index (χ1) is 9.19. The lowest BCUT2D eigenvalue weighted by molar-refractivity contribution is 0.0261. The first-order valence-electron chi connectivity index (χ1n) is 6.76. The van der Waals surface area contributed by atoms with Crippen LogP contribution >= 0.6 is 0 Å². The maximum atomic E-state index is 5.83. The molecule has 1 aromatic rings. The molecular weight excluding hydrogens is 242 g/mol. The van der Waals surface area contributed by atoms with Crippen LogP contribution < -0.4 is 14.8 Å².